The number of benzene rings is 1. The number of anilines is 1. The first kappa shape index (κ1) is 10.5. The Morgan fingerprint density at radius 2 is 1.75 bits per heavy atom. The number of hydrogen-bond donors (Lipinski definition) is 1. The largest absolute Gasteiger partial charge is 0.455 e. The zero-order valence-corrected chi connectivity index (χ0v) is 7.82. The summed E-state index contributed by atoms with van der Waals surface area (Å²) >= 11 is 0. The lowest BCUT2D eigenvalue weighted by Gasteiger charge is -1.96. The van der Waals surface area contributed by atoms with Crippen LogP contribution in [0.15, 0.2) is 28.8 Å². The number of nitrogens with zero attached hydrogens (tertiary/aromatic N) is 2. The molecular formula is C9H6F3N3O. The van der Waals surface area contributed by atoms with E-state index < -0.39 is 12.0 Å². The molecule has 0 spiro atoms. The van der Waals surface area contributed by atoms with Crippen LogP contribution in [0.1, 0.15) is 5.82 Å². The van der Waals surface area contributed by atoms with E-state index in [2.05, 4.69) is 14.7 Å². The van der Waals surface area contributed by atoms with Gasteiger partial charge in [-0.25, -0.2) is 0 Å². The summed E-state index contributed by atoms with van der Waals surface area (Å²) in [6.45, 7) is 0. The van der Waals surface area contributed by atoms with Gasteiger partial charge in [0.1, 0.15) is 0 Å². The fourth-order valence-corrected chi connectivity index (χ4v) is 1.08. The highest BCUT2D eigenvalue weighted by Crippen LogP contribution is 2.28. The molecule has 7 heteroatoms. The molecule has 2 N–H and O–H groups in total. The molecule has 2 rings (SSSR count). The lowest BCUT2D eigenvalue weighted by atomic mass is 10.2. The summed E-state index contributed by atoms with van der Waals surface area (Å²) in [4.78, 5) is 3.24. The minimum atomic E-state index is -4.60. The summed E-state index contributed by atoms with van der Waals surface area (Å²) in [5.41, 5.74) is 6.32. The first-order chi connectivity index (χ1) is 7.47. The molecule has 16 heavy (non-hydrogen) atoms. The zero-order chi connectivity index (χ0) is 11.8. The summed E-state index contributed by atoms with van der Waals surface area (Å²) in [6.07, 6.45) is -4.60. The normalized spacial score (nSPS) is 11.7. The fourth-order valence-electron chi connectivity index (χ4n) is 1.08. The van der Waals surface area contributed by atoms with Crippen molar-refractivity contribution >= 4 is 5.69 Å². The van der Waals surface area contributed by atoms with Crippen LogP contribution in [0.4, 0.5) is 18.9 Å². The van der Waals surface area contributed by atoms with Gasteiger partial charge in [-0.05, 0) is 24.3 Å². The van der Waals surface area contributed by atoms with Crippen LogP contribution in [0.5, 0.6) is 0 Å². The van der Waals surface area contributed by atoms with E-state index in [9.17, 15) is 13.2 Å². The van der Waals surface area contributed by atoms with Crippen molar-refractivity contribution in [2.45, 2.75) is 6.18 Å². The van der Waals surface area contributed by atoms with Crippen molar-refractivity contribution < 1.29 is 17.7 Å². The molecule has 4 nitrogen and oxygen atoms in total. The van der Waals surface area contributed by atoms with Crippen molar-refractivity contribution in [1.82, 2.24) is 10.1 Å². The number of alkyl halides is 3. The molecule has 0 saturated heterocycles. The molecule has 0 radical (unpaired) electrons. The van der Waals surface area contributed by atoms with E-state index >= 15 is 0 Å². The third kappa shape index (κ3) is 1.97. The molecular weight excluding hydrogens is 223 g/mol. The summed E-state index contributed by atoms with van der Waals surface area (Å²) in [5.74, 6) is -1.48. The molecule has 1 heterocycles. The minimum Gasteiger partial charge on any atom is -0.399 e. The Morgan fingerprint density at radius 1 is 1.12 bits per heavy atom. The fraction of sp³-hybridized carbons (Fsp3) is 0.111. The Balaban J connectivity index is 2.35. The average molecular weight is 229 g/mol. The number of rotatable bonds is 1. The summed E-state index contributed by atoms with van der Waals surface area (Å²) in [5, 5.41) is 2.84. The molecule has 2 aromatic rings. The van der Waals surface area contributed by atoms with Crippen molar-refractivity contribution in [2.75, 3.05) is 5.73 Å². The second-order valence-corrected chi connectivity index (χ2v) is 3.04. The van der Waals surface area contributed by atoms with Gasteiger partial charge in [0.15, 0.2) is 0 Å². The van der Waals surface area contributed by atoms with Crippen LogP contribution in [0.3, 0.4) is 0 Å². The van der Waals surface area contributed by atoms with Crippen LogP contribution in [0, 0.1) is 0 Å². The molecule has 1 aromatic carbocycles. The Hall–Kier alpha value is -2.05. The molecule has 0 aliphatic rings. The van der Waals surface area contributed by atoms with Crippen LogP contribution in [-0.2, 0) is 6.18 Å². The number of hydrogen-bond acceptors (Lipinski definition) is 4. The Morgan fingerprint density at radius 3 is 2.25 bits per heavy atom. The van der Waals surface area contributed by atoms with E-state index in [0.29, 0.717) is 11.3 Å². The van der Waals surface area contributed by atoms with Crippen molar-refractivity contribution in [3.8, 4) is 11.5 Å². The van der Waals surface area contributed by atoms with E-state index in [-0.39, 0.29) is 5.89 Å². The van der Waals surface area contributed by atoms with Crippen molar-refractivity contribution in [3.63, 3.8) is 0 Å². The van der Waals surface area contributed by atoms with Gasteiger partial charge in [-0.2, -0.15) is 18.2 Å². The van der Waals surface area contributed by atoms with Crippen molar-refractivity contribution in [1.29, 1.82) is 0 Å². The predicted octanol–water partition coefficient (Wildman–Crippen LogP) is 2.34. The van der Waals surface area contributed by atoms with E-state index in [1.807, 2.05) is 0 Å². The smallest absolute Gasteiger partial charge is 0.399 e. The van der Waals surface area contributed by atoms with Gasteiger partial charge in [0.25, 0.3) is 11.7 Å². The quantitative estimate of drug-likeness (QED) is 0.762. The number of halogens is 3. The van der Waals surface area contributed by atoms with Gasteiger partial charge in [0.2, 0.25) is 0 Å². The van der Waals surface area contributed by atoms with Crippen molar-refractivity contribution in [2.24, 2.45) is 0 Å². The van der Waals surface area contributed by atoms with E-state index in [4.69, 9.17) is 5.73 Å². The molecule has 0 amide bonds. The topological polar surface area (TPSA) is 64.9 Å². The average Bonchev–Trinajstić information content (AvgIpc) is 2.67. The molecule has 0 atom stereocenters. The molecule has 0 aliphatic carbocycles. The van der Waals surface area contributed by atoms with Gasteiger partial charge in [-0.1, -0.05) is 5.16 Å². The highest BCUT2D eigenvalue weighted by molar-refractivity contribution is 5.56. The number of nitrogen functional groups attached to an aromatic ring is 1. The highest BCUT2D eigenvalue weighted by atomic mass is 19.4. The van der Waals surface area contributed by atoms with E-state index in [1.165, 1.54) is 24.3 Å². The zero-order valence-electron chi connectivity index (χ0n) is 7.82. The first-order valence-corrected chi connectivity index (χ1v) is 4.23. The Bertz CT molecular complexity index is 489. The van der Waals surface area contributed by atoms with Gasteiger partial charge in [0.05, 0.1) is 0 Å². The number of nitrogens with two attached hydrogens (primary N) is 1. The lowest BCUT2D eigenvalue weighted by molar-refractivity contribution is -0.146. The molecule has 0 bridgehead atoms. The van der Waals surface area contributed by atoms with Gasteiger partial charge >= 0.3 is 6.18 Å². The van der Waals surface area contributed by atoms with Crippen LogP contribution in [0.2, 0.25) is 0 Å². The minimum absolute atomic E-state index is 0.188. The molecule has 0 saturated carbocycles. The first-order valence-electron chi connectivity index (χ1n) is 4.23. The van der Waals surface area contributed by atoms with Gasteiger partial charge < -0.3 is 10.3 Å². The maximum absolute atomic E-state index is 12.2. The molecule has 0 aliphatic heterocycles. The second kappa shape index (κ2) is 3.51. The van der Waals surface area contributed by atoms with Crippen LogP contribution < -0.4 is 5.73 Å². The van der Waals surface area contributed by atoms with E-state index in [1.54, 1.807) is 0 Å². The highest BCUT2D eigenvalue weighted by Gasteiger charge is 2.37. The Kier molecular flexibility index (Phi) is 2.30. The Labute approximate surface area is 87.9 Å². The molecule has 84 valence electrons. The molecule has 0 unspecified atom stereocenters. The monoisotopic (exact) mass is 229 g/mol. The predicted molar refractivity (Wildman–Crippen MR) is 49.1 cm³/mol. The third-order valence-electron chi connectivity index (χ3n) is 1.84. The van der Waals surface area contributed by atoms with Gasteiger partial charge in [-0.3, -0.25) is 0 Å². The van der Waals surface area contributed by atoms with Crippen LogP contribution in [-0.4, -0.2) is 10.1 Å². The SMILES string of the molecule is Nc1ccc(-c2nc(C(F)(F)F)no2)cc1. The number of aromatic nitrogens is 2. The summed E-state index contributed by atoms with van der Waals surface area (Å²) in [6, 6.07) is 6.07. The van der Waals surface area contributed by atoms with Crippen LogP contribution in [0.25, 0.3) is 11.5 Å². The third-order valence-corrected chi connectivity index (χ3v) is 1.84. The maximum Gasteiger partial charge on any atom is 0.455 e. The maximum atomic E-state index is 12.2. The van der Waals surface area contributed by atoms with Crippen LogP contribution >= 0.6 is 0 Å². The summed E-state index contributed by atoms with van der Waals surface area (Å²) in [7, 11) is 0. The van der Waals surface area contributed by atoms with Crippen molar-refractivity contribution in [3.05, 3.63) is 30.1 Å². The summed E-state index contributed by atoms with van der Waals surface area (Å²) < 4.78 is 41.0. The molecule has 1 aromatic heterocycles. The van der Waals surface area contributed by atoms with Gasteiger partial charge in [0, 0.05) is 11.3 Å². The standard InChI is InChI=1S/C9H6F3N3O/c10-9(11,12)8-14-7(16-15-8)5-1-3-6(13)4-2-5/h1-4H,13H2. The van der Waals surface area contributed by atoms with E-state index in [0.717, 1.165) is 0 Å². The van der Waals surface area contributed by atoms with Gasteiger partial charge in [-0.15, -0.1) is 0 Å². The lowest BCUT2D eigenvalue weighted by Crippen LogP contribution is -2.07. The second-order valence-electron chi connectivity index (χ2n) is 3.04. The molecule has 0 fully saturated rings.